The van der Waals surface area contributed by atoms with Crippen LogP contribution in [0.4, 0.5) is 4.79 Å². The van der Waals surface area contributed by atoms with Gasteiger partial charge in [-0.1, -0.05) is 13.8 Å². The summed E-state index contributed by atoms with van der Waals surface area (Å²) in [4.78, 5) is 63.5. The highest BCUT2D eigenvalue weighted by molar-refractivity contribution is 5.98. The van der Waals surface area contributed by atoms with E-state index < -0.39 is 64.9 Å². The summed E-state index contributed by atoms with van der Waals surface area (Å²) in [5.41, 5.74) is -2.19. The van der Waals surface area contributed by atoms with Crippen LogP contribution >= 0.6 is 0 Å². The van der Waals surface area contributed by atoms with E-state index in [9.17, 15) is 24.0 Å². The molecule has 3 amide bonds. The quantitative estimate of drug-likeness (QED) is 0.319. The molecule has 0 aromatic carbocycles. The standard InChI is InChI=1S/C24H39N3O8/c1-12(2)11-15(19(29)33-7)26-21(31)24(10-9-14-16(17(14)24)20(30)34-8)27-18(28)13(3)25-22(32)35-23(4,5)6/h12-17H,9-11H2,1-8H3,(H,25,32)(H,26,31)(H,27,28)/t13-,14-,15-,16-,17-,24-/m0/s1. The molecule has 3 N–H and O–H groups in total. The lowest BCUT2D eigenvalue weighted by Crippen LogP contribution is -2.64. The van der Waals surface area contributed by atoms with Crippen LogP contribution < -0.4 is 16.0 Å². The summed E-state index contributed by atoms with van der Waals surface area (Å²) in [6.07, 6.45) is 0.374. The molecule has 11 nitrogen and oxygen atoms in total. The minimum atomic E-state index is -1.44. The lowest BCUT2D eigenvalue weighted by molar-refractivity contribution is -0.148. The molecule has 2 rings (SSSR count). The van der Waals surface area contributed by atoms with E-state index in [-0.39, 0.29) is 18.3 Å². The number of esters is 2. The maximum atomic E-state index is 13.6. The Hall–Kier alpha value is -2.85. The van der Waals surface area contributed by atoms with Crippen LogP contribution in [0.1, 0.15) is 60.8 Å². The second-order valence-corrected chi connectivity index (χ2v) is 10.8. The smallest absolute Gasteiger partial charge is 0.408 e. The van der Waals surface area contributed by atoms with E-state index >= 15 is 0 Å². The largest absolute Gasteiger partial charge is 0.469 e. The highest BCUT2D eigenvalue weighted by Crippen LogP contribution is 2.62. The molecule has 0 aromatic rings. The van der Waals surface area contributed by atoms with Gasteiger partial charge in [-0.15, -0.1) is 0 Å². The van der Waals surface area contributed by atoms with Gasteiger partial charge in [0.15, 0.2) is 0 Å². The number of ether oxygens (including phenoxy) is 3. The Balaban J connectivity index is 2.26. The van der Waals surface area contributed by atoms with Crippen molar-refractivity contribution >= 4 is 29.8 Å². The van der Waals surface area contributed by atoms with Crippen LogP contribution in [0.2, 0.25) is 0 Å². The van der Waals surface area contributed by atoms with Gasteiger partial charge in [0, 0.05) is 5.92 Å². The van der Waals surface area contributed by atoms with Crippen LogP contribution in [0, 0.1) is 23.7 Å². The van der Waals surface area contributed by atoms with E-state index in [1.165, 1.54) is 21.1 Å². The van der Waals surface area contributed by atoms with Crippen LogP contribution in [0.3, 0.4) is 0 Å². The molecule has 2 fully saturated rings. The average Bonchev–Trinajstić information content (AvgIpc) is 3.36. The maximum absolute atomic E-state index is 13.6. The minimum absolute atomic E-state index is 0.0862. The van der Waals surface area contributed by atoms with Crippen LogP contribution in [0.25, 0.3) is 0 Å². The summed E-state index contributed by atoms with van der Waals surface area (Å²) in [5, 5.41) is 8.00. The zero-order chi connectivity index (χ0) is 26.7. The molecule has 35 heavy (non-hydrogen) atoms. The van der Waals surface area contributed by atoms with Crippen molar-refractivity contribution in [2.75, 3.05) is 14.2 Å². The maximum Gasteiger partial charge on any atom is 0.408 e. The first-order valence-corrected chi connectivity index (χ1v) is 11.9. The normalized spacial score (nSPS) is 26.6. The fourth-order valence-electron chi connectivity index (χ4n) is 4.88. The van der Waals surface area contributed by atoms with Crippen LogP contribution in [-0.2, 0) is 33.4 Å². The first kappa shape index (κ1) is 28.4. The van der Waals surface area contributed by atoms with E-state index in [0.29, 0.717) is 12.8 Å². The topological polar surface area (TPSA) is 149 Å². The summed E-state index contributed by atoms with van der Waals surface area (Å²) < 4.78 is 14.9. The van der Waals surface area contributed by atoms with Gasteiger partial charge in [0.25, 0.3) is 0 Å². The third-order valence-electron chi connectivity index (χ3n) is 6.46. The number of carbonyl (C=O) groups is 5. The number of carbonyl (C=O) groups excluding carboxylic acids is 5. The summed E-state index contributed by atoms with van der Waals surface area (Å²) in [6, 6.07) is -1.93. The molecular formula is C24H39N3O8. The predicted molar refractivity (Wildman–Crippen MR) is 125 cm³/mol. The van der Waals surface area contributed by atoms with E-state index in [4.69, 9.17) is 14.2 Å². The zero-order valence-electron chi connectivity index (χ0n) is 21.9. The first-order valence-electron chi connectivity index (χ1n) is 11.9. The summed E-state index contributed by atoms with van der Waals surface area (Å²) in [7, 11) is 2.52. The summed E-state index contributed by atoms with van der Waals surface area (Å²) in [5.74, 6) is -3.26. The van der Waals surface area contributed by atoms with E-state index in [2.05, 4.69) is 16.0 Å². The summed E-state index contributed by atoms with van der Waals surface area (Å²) in [6.45, 7) is 10.4. The SMILES string of the molecule is COC(=O)[C@H]1[C@@H]2CC[C@@](NC(=O)[C@H](C)NC(=O)OC(C)(C)C)(C(=O)N[C@@H](CC(C)C)C(=O)OC)[C@@H]21. The number of hydrogen-bond acceptors (Lipinski definition) is 8. The number of alkyl carbamates (subject to hydrolysis) is 1. The van der Waals surface area contributed by atoms with Gasteiger partial charge in [-0.2, -0.15) is 0 Å². The van der Waals surface area contributed by atoms with Gasteiger partial charge < -0.3 is 30.2 Å². The molecule has 0 radical (unpaired) electrons. The number of rotatable bonds is 9. The van der Waals surface area contributed by atoms with Crippen LogP contribution in [0.5, 0.6) is 0 Å². The van der Waals surface area contributed by atoms with Crippen molar-refractivity contribution < 1.29 is 38.2 Å². The van der Waals surface area contributed by atoms with Gasteiger partial charge in [-0.05, 0) is 58.8 Å². The van der Waals surface area contributed by atoms with Gasteiger partial charge in [0.05, 0.1) is 20.1 Å². The fraction of sp³-hybridized carbons (Fsp3) is 0.792. The molecule has 2 aliphatic carbocycles. The Kier molecular flexibility index (Phi) is 8.78. The van der Waals surface area contributed by atoms with Crippen molar-refractivity contribution in [3.8, 4) is 0 Å². The molecule has 0 aromatic heterocycles. The van der Waals surface area contributed by atoms with E-state index in [0.717, 1.165) is 0 Å². The second-order valence-electron chi connectivity index (χ2n) is 10.8. The first-order chi connectivity index (χ1) is 16.2. The van der Waals surface area contributed by atoms with Gasteiger partial charge >= 0.3 is 18.0 Å². The monoisotopic (exact) mass is 497 g/mol. The van der Waals surface area contributed by atoms with Crippen molar-refractivity contribution in [2.45, 2.75) is 84.0 Å². The second kappa shape index (κ2) is 10.8. The number of methoxy groups -OCH3 is 2. The molecule has 11 heteroatoms. The van der Waals surface area contributed by atoms with Gasteiger partial charge in [0.1, 0.15) is 23.2 Å². The number of amides is 3. The Morgan fingerprint density at radius 2 is 1.63 bits per heavy atom. The lowest BCUT2D eigenvalue weighted by Gasteiger charge is -2.34. The molecule has 2 saturated carbocycles. The Bertz CT molecular complexity index is 852. The van der Waals surface area contributed by atoms with Crippen molar-refractivity contribution in [1.82, 2.24) is 16.0 Å². The molecule has 6 atom stereocenters. The Morgan fingerprint density at radius 3 is 2.14 bits per heavy atom. The van der Waals surface area contributed by atoms with Crippen molar-refractivity contribution in [2.24, 2.45) is 23.7 Å². The average molecular weight is 498 g/mol. The minimum Gasteiger partial charge on any atom is -0.469 e. The Morgan fingerprint density at radius 1 is 1.00 bits per heavy atom. The molecule has 0 spiro atoms. The van der Waals surface area contributed by atoms with Crippen molar-refractivity contribution in [3.63, 3.8) is 0 Å². The van der Waals surface area contributed by atoms with E-state index in [1.54, 1.807) is 20.8 Å². The van der Waals surface area contributed by atoms with Gasteiger partial charge in [0.2, 0.25) is 11.8 Å². The van der Waals surface area contributed by atoms with Crippen LogP contribution in [0.15, 0.2) is 0 Å². The molecule has 0 aliphatic heterocycles. The molecular weight excluding hydrogens is 458 g/mol. The number of hydrogen-bond donors (Lipinski definition) is 3. The lowest BCUT2D eigenvalue weighted by atomic mass is 9.87. The van der Waals surface area contributed by atoms with Crippen molar-refractivity contribution in [3.05, 3.63) is 0 Å². The fourth-order valence-corrected chi connectivity index (χ4v) is 4.88. The molecule has 198 valence electrons. The highest BCUT2D eigenvalue weighted by Gasteiger charge is 2.72. The summed E-state index contributed by atoms with van der Waals surface area (Å²) >= 11 is 0. The van der Waals surface area contributed by atoms with E-state index in [1.807, 2.05) is 13.8 Å². The molecule has 0 saturated heterocycles. The predicted octanol–water partition coefficient (Wildman–Crippen LogP) is 1.29. The van der Waals surface area contributed by atoms with Gasteiger partial charge in [-0.25, -0.2) is 9.59 Å². The zero-order valence-corrected chi connectivity index (χ0v) is 21.9. The molecule has 0 unspecified atom stereocenters. The van der Waals surface area contributed by atoms with Gasteiger partial charge in [-0.3, -0.25) is 14.4 Å². The highest BCUT2D eigenvalue weighted by atomic mass is 16.6. The molecule has 0 heterocycles. The van der Waals surface area contributed by atoms with Crippen molar-refractivity contribution in [1.29, 1.82) is 0 Å². The number of fused-ring (bicyclic) bond motifs is 1. The molecule has 2 aliphatic rings. The Labute approximate surface area is 206 Å². The third-order valence-corrected chi connectivity index (χ3v) is 6.46. The number of nitrogens with one attached hydrogen (secondary N) is 3. The third kappa shape index (κ3) is 6.64. The van der Waals surface area contributed by atoms with Crippen LogP contribution in [-0.4, -0.2) is 67.3 Å². The molecule has 0 bridgehead atoms.